The number of rotatable bonds is 7. The highest BCUT2D eigenvalue weighted by atomic mass is 32.2. The van der Waals surface area contributed by atoms with Crippen LogP contribution in [0.25, 0.3) is 11.1 Å². The van der Waals surface area contributed by atoms with Crippen LogP contribution in [0.4, 0.5) is 22.0 Å². The predicted molar refractivity (Wildman–Crippen MR) is 126 cm³/mol. The smallest absolute Gasteiger partial charge is 0.433 e. The lowest BCUT2D eigenvalue weighted by molar-refractivity contribution is -0.141. The monoisotopic (exact) mass is 555 g/mol. The molecule has 2 heterocycles. The van der Waals surface area contributed by atoms with Crippen LogP contribution in [-0.4, -0.2) is 43.3 Å². The molecule has 1 amide bonds. The van der Waals surface area contributed by atoms with Crippen LogP contribution >= 0.6 is 0 Å². The number of halogens is 5. The van der Waals surface area contributed by atoms with Gasteiger partial charge in [0.1, 0.15) is 23.4 Å². The highest BCUT2D eigenvalue weighted by Gasteiger charge is 2.39. The van der Waals surface area contributed by atoms with Gasteiger partial charge in [-0.2, -0.15) is 17.5 Å². The molecule has 1 saturated heterocycles. The standard InChI is InChI=1S/C25H22F5N3O4S/c1-37-24-20(8-9-22(32-24)25(28,29)30)16-11-15(12-18(27)13-16)14-31-23(34)21-3-2-10-33(21)38(35,36)19-6-4-17(26)5-7-19/h4-9,11-13,21H,2-3,10,14H2,1H3,(H,31,34)/t21-/m0/s1. The number of benzene rings is 2. The third-order valence-electron chi connectivity index (χ3n) is 6.01. The lowest BCUT2D eigenvalue weighted by atomic mass is 10.0. The summed E-state index contributed by atoms with van der Waals surface area (Å²) in [4.78, 5) is 16.2. The highest BCUT2D eigenvalue weighted by Crippen LogP contribution is 2.35. The minimum atomic E-state index is -4.69. The second-order valence-corrected chi connectivity index (χ2v) is 10.4. The van der Waals surface area contributed by atoms with Crippen molar-refractivity contribution >= 4 is 15.9 Å². The maximum absolute atomic E-state index is 14.4. The van der Waals surface area contributed by atoms with Gasteiger partial charge in [0.25, 0.3) is 0 Å². The molecular weight excluding hydrogens is 533 g/mol. The number of methoxy groups -OCH3 is 1. The van der Waals surface area contributed by atoms with Crippen LogP contribution in [0.5, 0.6) is 5.88 Å². The Kier molecular flexibility index (Phi) is 7.70. The van der Waals surface area contributed by atoms with Gasteiger partial charge >= 0.3 is 6.18 Å². The summed E-state index contributed by atoms with van der Waals surface area (Å²) in [6, 6.07) is 8.80. The van der Waals surface area contributed by atoms with E-state index in [0.29, 0.717) is 6.42 Å². The van der Waals surface area contributed by atoms with Gasteiger partial charge in [0, 0.05) is 18.7 Å². The maximum atomic E-state index is 14.4. The number of ether oxygens (including phenoxy) is 1. The maximum Gasteiger partial charge on any atom is 0.433 e. The predicted octanol–water partition coefficient (Wildman–Crippen LogP) is 4.52. The molecule has 38 heavy (non-hydrogen) atoms. The van der Waals surface area contributed by atoms with Gasteiger partial charge in [-0.05, 0) is 78.6 Å². The first-order chi connectivity index (χ1) is 17.9. The van der Waals surface area contributed by atoms with Crippen LogP contribution in [0.3, 0.4) is 0 Å². The average molecular weight is 556 g/mol. The molecule has 3 aromatic rings. The van der Waals surface area contributed by atoms with Crippen LogP contribution in [0, 0.1) is 11.6 Å². The summed E-state index contributed by atoms with van der Waals surface area (Å²) >= 11 is 0. The van der Waals surface area contributed by atoms with Crippen molar-refractivity contribution in [3.05, 3.63) is 77.5 Å². The Bertz CT molecular complexity index is 1450. The van der Waals surface area contributed by atoms with Gasteiger partial charge in [0.05, 0.1) is 12.0 Å². The molecule has 0 radical (unpaired) electrons. The van der Waals surface area contributed by atoms with Gasteiger partial charge in [0.2, 0.25) is 21.8 Å². The molecule has 0 aliphatic carbocycles. The minimum absolute atomic E-state index is 0.0998. The number of carbonyl (C=O) groups excluding carboxylic acids is 1. The van der Waals surface area contributed by atoms with Gasteiger partial charge in [-0.3, -0.25) is 4.79 Å². The van der Waals surface area contributed by atoms with Crippen LogP contribution < -0.4 is 10.1 Å². The molecule has 0 bridgehead atoms. The molecule has 1 aliphatic rings. The number of alkyl halides is 3. The number of amides is 1. The number of carbonyl (C=O) groups is 1. The third kappa shape index (κ3) is 5.78. The van der Waals surface area contributed by atoms with E-state index in [1.165, 1.54) is 6.07 Å². The molecule has 1 fully saturated rings. The molecule has 7 nitrogen and oxygen atoms in total. The fraction of sp³-hybridized carbons (Fsp3) is 0.280. The third-order valence-corrected chi connectivity index (χ3v) is 7.93. The number of hydrogen-bond acceptors (Lipinski definition) is 5. The Morgan fingerprint density at radius 1 is 1.08 bits per heavy atom. The van der Waals surface area contributed by atoms with Crippen molar-refractivity contribution in [3.8, 4) is 17.0 Å². The number of sulfonamides is 1. The Hall–Kier alpha value is -3.58. The fourth-order valence-electron chi connectivity index (χ4n) is 4.22. The van der Waals surface area contributed by atoms with Crippen LogP contribution in [0.15, 0.2) is 59.5 Å². The fourth-order valence-corrected chi connectivity index (χ4v) is 5.88. The lowest BCUT2D eigenvalue weighted by Gasteiger charge is -2.23. The van der Waals surface area contributed by atoms with Crippen molar-refractivity contribution in [1.29, 1.82) is 0 Å². The summed E-state index contributed by atoms with van der Waals surface area (Å²) in [6.07, 6.45) is -4.00. The zero-order chi connectivity index (χ0) is 27.7. The van der Waals surface area contributed by atoms with Gasteiger partial charge in [-0.25, -0.2) is 22.2 Å². The van der Waals surface area contributed by atoms with Crippen molar-refractivity contribution in [2.24, 2.45) is 0 Å². The van der Waals surface area contributed by atoms with Crippen molar-refractivity contribution < 1.29 is 39.9 Å². The summed E-state index contributed by atoms with van der Waals surface area (Å²) in [5, 5.41) is 2.60. The van der Waals surface area contributed by atoms with E-state index in [4.69, 9.17) is 4.74 Å². The average Bonchev–Trinajstić information content (AvgIpc) is 3.37. The van der Waals surface area contributed by atoms with Crippen molar-refractivity contribution in [2.75, 3.05) is 13.7 Å². The second-order valence-electron chi connectivity index (χ2n) is 8.54. The normalized spacial score (nSPS) is 16.4. The van der Waals surface area contributed by atoms with Crippen LogP contribution in [0.1, 0.15) is 24.1 Å². The van der Waals surface area contributed by atoms with Crippen LogP contribution in [0.2, 0.25) is 0 Å². The number of hydrogen-bond donors (Lipinski definition) is 1. The molecule has 202 valence electrons. The van der Waals surface area contributed by atoms with E-state index in [1.807, 2.05) is 0 Å². The molecule has 0 unspecified atom stereocenters. The molecule has 1 aromatic heterocycles. The molecule has 2 aromatic carbocycles. The minimum Gasteiger partial charge on any atom is -0.481 e. The zero-order valence-electron chi connectivity index (χ0n) is 19.9. The molecule has 1 N–H and O–H groups in total. The molecular formula is C25H22F5N3O4S. The van der Waals surface area contributed by atoms with E-state index in [-0.39, 0.29) is 47.0 Å². The summed E-state index contributed by atoms with van der Waals surface area (Å²) < 4.78 is 98.7. The van der Waals surface area contributed by atoms with E-state index in [1.54, 1.807) is 0 Å². The number of pyridine rings is 1. The highest BCUT2D eigenvalue weighted by molar-refractivity contribution is 7.89. The topological polar surface area (TPSA) is 88.6 Å². The first-order valence-electron chi connectivity index (χ1n) is 11.4. The summed E-state index contributed by atoms with van der Waals surface area (Å²) in [7, 11) is -2.92. The van der Waals surface area contributed by atoms with E-state index in [9.17, 15) is 35.2 Å². The Morgan fingerprint density at radius 2 is 1.79 bits per heavy atom. The van der Waals surface area contributed by atoms with E-state index in [0.717, 1.165) is 59.9 Å². The number of aromatic nitrogens is 1. The quantitative estimate of drug-likeness (QED) is 0.433. The van der Waals surface area contributed by atoms with Gasteiger partial charge in [-0.15, -0.1) is 0 Å². The van der Waals surface area contributed by atoms with Crippen molar-refractivity contribution in [2.45, 2.75) is 36.5 Å². The zero-order valence-corrected chi connectivity index (χ0v) is 20.7. The largest absolute Gasteiger partial charge is 0.481 e. The molecule has 0 spiro atoms. The van der Waals surface area contributed by atoms with Crippen LogP contribution in [-0.2, 0) is 27.5 Å². The molecule has 13 heteroatoms. The van der Waals surface area contributed by atoms with E-state index in [2.05, 4.69) is 10.3 Å². The molecule has 1 aliphatic heterocycles. The van der Waals surface area contributed by atoms with Crippen molar-refractivity contribution in [1.82, 2.24) is 14.6 Å². The van der Waals surface area contributed by atoms with Gasteiger partial charge in [0.15, 0.2) is 0 Å². The summed E-state index contributed by atoms with van der Waals surface area (Å²) in [6.45, 7) is -0.0798. The van der Waals surface area contributed by atoms with Gasteiger partial charge < -0.3 is 10.1 Å². The second kappa shape index (κ2) is 10.7. The summed E-state index contributed by atoms with van der Waals surface area (Å²) in [5.41, 5.74) is -0.603. The molecule has 0 saturated carbocycles. The molecule has 4 rings (SSSR count). The Labute approximate surface area is 215 Å². The number of nitrogens with zero attached hydrogens (tertiary/aromatic N) is 2. The van der Waals surface area contributed by atoms with E-state index >= 15 is 0 Å². The summed E-state index contributed by atoms with van der Waals surface area (Å²) in [5.74, 6) is -2.27. The Balaban J connectivity index is 1.52. The number of nitrogens with one attached hydrogen (secondary N) is 1. The van der Waals surface area contributed by atoms with E-state index < -0.39 is 45.5 Å². The molecule has 1 atom stereocenters. The van der Waals surface area contributed by atoms with Crippen molar-refractivity contribution in [3.63, 3.8) is 0 Å². The first-order valence-corrected chi connectivity index (χ1v) is 12.8. The SMILES string of the molecule is COc1nc(C(F)(F)F)ccc1-c1cc(F)cc(CNC(=O)[C@@H]2CCCN2S(=O)(=O)c2ccc(F)cc2)c1. The van der Waals surface area contributed by atoms with Gasteiger partial charge in [-0.1, -0.05) is 0 Å². The first kappa shape index (κ1) is 27.5. The Morgan fingerprint density at radius 3 is 2.45 bits per heavy atom. The lowest BCUT2D eigenvalue weighted by Crippen LogP contribution is -2.45.